The molecule has 16 heteroatoms. The standard InChI is InChI=1S/C65H78N4O12/c1-12-63-18-14-50(70)78-42-26-38(54(74)46(30-42)59(3,4)5)34-66-22-24-68-36-40-28-44-32-48(56(40)76)61(8,9)65-58(63)60(6,7)47-31-43(79-51(71)15-19-63)27-39(55(47)75)35-67-23-25-69-37-41-29-45(33-49(57(41)77)62(65,10)11)81-53(73)17-21-64(65,13-2)20-16-52(72)80-44/h26-37,58,74-77H,12-25H2,1-11H3/b66-34+,67-35+,68-36+,69-37+. The zero-order chi connectivity index (χ0) is 58.7. The van der Waals surface area contributed by atoms with E-state index in [0.29, 0.717) is 40.7 Å². The zero-order valence-corrected chi connectivity index (χ0v) is 48.7. The van der Waals surface area contributed by atoms with E-state index in [1.54, 1.807) is 48.5 Å². The lowest BCUT2D eigenvalue weighted by atomic mass is 9.28. The van der Waals surface area contributed by atoms with Gasteiger partial charge in [0.2, 0.25) is 0 Å². The van der Waals surface area contributed by atoms with E-state index in [9.17, 15) is 34.8 Å². The number of hydrogen-bond donors (Lipinski definition) is 4. The fraction of sp³-hybridized carbons (Fsp3) is 0.508. The normalized spacial score (nSPS) is 27.1. The summed E-state index contributed by atoms with van der Waals surface area (Å²) in [5, 5.41) is 51.5. The number of rotatable bonds is 2. The van der Waals surface area contributed by atoms with Gasteiger partial charge in [0.05, 0.1) is 26.2 Å². The Morgan fingerprint density at radius 2 is 0.802 bits per heavy atom. The summed E-state index contributed by atoms with van der Waals surface area (Å²) in [6.45, 7) is 22.9. The fourth-order valence-corrected chi connectivity index (χ4v) is 15.8. The average Bonchev–Trinajstić information content (AvgIpc) is 1.93. The van der Waals surface area contributed by atoms with Crippen molar-refractivity contribution in [1.82, 2.24) is 0 Å². The first-order chi connectivity index (χ1) is 38.2. The van der Waals surface area contributed by atoms with Crippen molar-refractivity contribution in [3.63, 3.8) is 0 Å². The molecule has 1 spiro atoms. The number of carbonyl (C=O) groups is 4. The van der Waals surface area contributed by atoms with Crippen LogP contribution in [0.5, 0.6) is 46.0 Å². The van der Waals surface area contributed by atoms with Crippen LogP contribution >= 0.6 is 0 Å². The van der Waals surface area contributed by atoms with Crippen LogP contribution in [-0.4, -0.2) is 95.3 Å². The van der Waals surface area contributed by atoms with Crippen LogP contribution in [0.3, 0.4) is 0 Å². The molecule has 430 valence electrons. The van der Waals surface area contributed by atoms with E-state index in [1.165, 1.54) is 24.9 Å². The number of nitrogens with zero attached hydrogens (tertiary/aromatic N) is 4. The number of phenols is 4. The van der Waals surface area contributed by atoms with Crippen molar-refractivity contribution in [3.8, 4) is 46.0 Å². The molecular weight excluding hydrogens is 1030 g/mol. The Morgan fingerprint density at radius 3 is 1.16 bits per heavy atom. The first kappa shape index (κ1) is 58.3. The lowest BCUT2D eigenvalue weighted by Crippen LogP contribution is -2.72. The molecule has 0 aliphatic carbocycles. The van der Waals surface area contributed by atoms with Gasteiger partial charge in [0, 0.05) is 106 Å². The maximum absolute atomic E-state index is 15.1. The monoisotopic (exact) mass is 1110 g/mol. The number of hydrogen-bond acceptors (Lipinski definition) is 16. The highest BCUT2D eigenvalue weighted by molar-refractivity contribution is 5.89. The van der Waals surface area contributed by atoms with Gasteiger partial charge in [0.25, 0.3) is 0 Å². The van der Waals surface area contributed by atoms with Crippen LogP contribution in [0.15, 0.2) is 68.5 Å². The number of aromatic hydroxyl groups is 4. The van der Waals surface area contributed by atoms with E-state index in [1.807, 2.05) is 34.6 Å². The van der Waals surface area contributed by atoms with Gasteiger partial charge in [0.1, 0.15) is 46.0 Å². The third-order valence-corrected chi connectivity index (χ3v) is 19.1. The number of carbonyl (C=O) groups excluding carboxylic acids is 4. The highest BCUT2D eigenvalue weighted by Crippen LogP contribution is 2.78. The summed E-state index contributed by atoms with van der Waals surface area (Å²) in [6.07, 6.45) is 6.50. The number of benzene rings is 4. The first-order valence-electron chi connectivity index (χ1n) is 28.5. The smallest absolute Gasteiger partial charge is 0.311 e. The largest absolute Gasteiger partial charge is 0.507 e. The van der Waals surface area contributed by atoms with Crippen LogP contribution in [0, 0.1) is 22.2 Å². The second-order valence-corrected chi connectivity index (χ2v) is 25.5. The highest BCUT2D eigenvalue weighted by atomic mass is 16.5. The van der Waals surface area contributed by atoms with Crippen molar-refractivity contribution < 1.29 is 58.6 Å². The van der Waals surface area contributed by atoms with Crippen molar-refractivity contribution in [2.75, 3.05) is 26.2 Å². The van der Waals surface area contributed by atoms with Crippen LogP contribution in [0.2, 0.25) is 0 Å². The molecule has 0 aromatic heterocycles. The van der Waals surface area contributed by atoms with Crippen LogP contribution in [0.1, 0.15) is 185 Å². The predicted molar refractivity (Wildman–Crippen MR) is 311 cm³/mol. The molecule has 0 radical (unpaired) electrons. The van der Waals surface area contributed by atoms with Gasteiger partial charge in [-0.05, 0) is 114 Å². The summed E-state index contributed by atoms with van der Waals surface area (Å²) >= 11 is 0. The second kappa shape index (κ2) is 21.5. The summed E-state index contributed by atoms with van der Waals surface area (Å²) < 4.78 is 25.1. The lowest BCUT2D eigenvalue weighted by Gasteiger charge is -2.74. The van der Waals surface area contributed by atoms with Gasteiger partial charge in [-0.3, -0.25) is 39.1 Å². The van der Waals surface area contributed by atoms with Crippen molar-refractivity contribution >= 4 is 48.7 Å². The van der Waals surface area contributed by atoms with Crippen LogP contribution in [0.4, 0.5) is 0 Å². The van der Waals surface area contributed by atoms with Crippen molar-refractivity contribution in [3.05, 3.63) is 93.0 Å². The van der Waals surface area contributed by atoms with E-state index in [2.05, 4.69) is 51.5 Å². The van der Waals surface area contributed by atoms with E-state index in [0.717, 1.165) is 0 Å². The number of ether oxygens (including phenoxy) is 4. The summed E-state index contributed by atoms with van der Waals surface area (Å²) in [6, 6.07) is 13.1. The zero-order valence-electron chi connectivity index (χ0n) is 48.7. The number of aliphatic imine (C=N–C) groups is 4. The SMILES string of the molecule is CCC12CCC(=O)Oc3cc(c(O)c(C(C)(C)C)c3)/C=N/CC/N=C/c3cc4cc(c3O)C(C)(C)C35C1C(C)(C)c1cc(cc(c1O)/C=N/CC/N=C/c1cc(cc(c1O)C3(C)C)OC(=O)CCC5(CC)CCC(=O)O4)OC(=O)CC2. The number of esters is 4. The Bertz CT molecular complexity index is 3320. The molecule has 0 saturated carbocycles. The molecule has 0 fully saturated rings. The molecule has 5 aliphatic rings. The minimum atomic E-state index is -1.53. The molecule has 0 amide bonds. The minimum Gasteiger partial charge on any atom is -0.507 e. The van der Waals surface area contributed by atoms with E-state index >= 15 is 4.79 Å². The van der Waals surface area contributed by atoms with Crippen molar-refractivity contribution in [2.45, 2.75) is 162 Å². The third kappa shape index (κ3) is 10.1. The molecule has 13 bridgehead atoms. The number of fused-ring (bicyclic) bond motifs is 8. The molecule has 5 aliphatic heterocycles. The first-order valence-corrected chi connectivity index (χ1v) is 28.5. The average molecular weight is 1110 g/mol. The van der Waals surface area contributed by atoms with E-state index in [-0.39, 0.29) is 140 Å². The topological polar surface area (TPSA) is 236 Å². The van der Waals surface area contributed by atoms with Crippen LogP contribution in [-0.2, 0) is 40.8 Å². The van der Waals surface area contributed by atoms with Gasteiger partial charge in [-0.25, -0.2) is 0 Å². The molecule has 0 saturated heterocycles. The Balaban J connectivity index is 1.53. The minimum absolute atomic E-state index is 0.0193. The van der Waals surface area contributed by atoms with Crippen LogP contribution in [0.25, 0.3) is 0 Å². The Hall–Kier alpha value is -7.36. The van der Waals surface area contributed by atoms with Crippen LogP contribution < -0.4 is 18.9 Å². The highest BCUT2D eigenvalue weighted by Gasteiger charge is 2.75. The van der Waals surface area contributed by atoms with E-state index in [4.69, 9.17) is 28.9 Å². The molecule has 4 N–H and O–H groups in total. The van der Waals surface area contributed by atoms with Gasteiger partial charge in [-0.2, -0.15) is 0 Å². The maximum atomic E-state index is 15.1. The molecule has 4 atom stereocenters. The van der Waals surface area contributed by atoms with Gasteiger partial charge >= 0.3 is 23.9 Å². The van der Waals surface area contributed by atoms with Gasteiger partial charge in [-0.1, -0.05) is 82.6 Å². The Labute approximate surface area is 474 Å². The molecular formula is C65H78N4O12. The fourth-order valence-electron chi connectivity index (χ4n) is 15.8. The molecule has 4 aromatic carbocycles. The Morgan fingerprint density at radius 1 is 0.469 bits per heavy atom. The van der Waals surface area contributed by atoms with Crippen molar-refractivity contribution in [1.29, 1.82) is 0 Å². The maximum Gasteiger partial charge on any atom is 0.311 e. The third-order valence-electron chi connectivity index (χ3n) is 19.1. The van der Waals surface area contributed by atoms with Gasteiger partial charge in [0.15, 0.2) is 0 Å². The molecule has 4 unspecified atom stereocenters. The molecule has 4 aromatic rings. The van der Waals surface area contributed by atoms with Crippen molar-refractivity contribution in [2.24, 2.45) is 42.1 Å². The quantitative estimate of drug-likeness (QED) is 0.108. The molecule has 16 nitrogen and oxygen atoms in total. The molecule has 81 heavy (non-hydrogen) atoms. The summed E-state index contributed by atoms with van der Waals surface area (Å²) in [5.41, 5.74) is -5.92. The summed E-state index contributed by atoms with van der Waals surface area (Å²) in [4.78, 5) is 78.2. The van der Waals surface area contributed by atoms with Gasteiger partial charge in [-0.15, -0.1) is 0 Å². The lowest BCUT2D eigenvalue weighted by molar-refractivity contribution is -0.212. The summed E-state index contributed by atoms with van der Waals surface area (Å²) in [5.74, 6) is -2.96. The number of phenolic OH excluding ortho intramolecular Hbond substituents is 4. The second-order valence-electron chi connectivity index (χ2n) is 25.5. The summed E-state index contributed by atoms with van der Waals surface area (Å²) in [7, 11) is 0. The Kier molecular flexibility index (Phi) is 15.5. The van der Waals surface area contributed by atoms with E-state index < -0.39 is 67.7 Å². The molecule has 9 rings (SSSR count). The van der Waals surface area contributed by atoms with Gasteiger partial charge < -0.3 is 39.4 Å². The molecule has 5 heterocycles. The predicted octanol–water partition coefficient (Wildman–Crippen LogP) is 11.6.